The number of carbonyl (C=O) groups excluding carboxylic acids is 1. The summed E-state index contributed by atoms with van der Waals surface area (Å²) in [5.74, 6) is -0.0773. The van der Waals surface area contributed by atoms with Crippen molar-refractivity contribution in [2.75, 3.05) is 19.6 Å². The first kappa shape index (κ1) is 11.1. The molecule has 1 atom stereocenters. The Morgan fingerprint density at radius 3 is 3.31 bits per heavy atom. The zero-order chi connectivity index (χ0) is 11.4. The molecule has 0 spiro atoms. The van der Waals surface area contributed by atoms with Gasteiger partial charge in [0.1, 0.15) is 5.69 Å². The molecule has 1 saturated heterocycles. The van der Waals surface area contributed by atoms with Crippen LogP contribution in [0.3, 0.4) is 0 Å². The van der Waals surface area contributed by atoms with E-state index in [-0.39, 0.29) is 5.91 Å². The topological polar surface area (TPSA) is 59.0 Å². The Hall–Kier alpha value is -1.36. The lowest BCUT2D eigenvalue weighted by molar-refractivity contribution is 0.0949. The molecule has 1 amide bonds. The van der Waals surface area contributed by atoms with E-state index in [0.29, 0.717) is 18.3 Å². The van der Waals surface area contributed by atoms with Crippen LogP contribution < -0.4 is 10.6 Å². The van der Waals surface area contributed by atoms with Gasteiger partial charge in [0.2, 0.25) is 0 Å². The molecule has 0 saturated carbocycles. The fourth-order valence-corrected chi connectivity index (χ4v) is 1.88. The summed E-state index contributed by atoms with van der Waals surface area (Å²) >= 11 is 0. The van der Waals surface area contributed by atoms with Crippen molar-refractivity contribution in [1.82, 2.24) is 20.2 Å². The number of rotatable bonds is 4. The van der Waals surface area contributed by atoms with Gasteiger partial charge < -0.3 is 15.2 Å². The molecule has 5 nitrogen and oxygen atoms in total. The van der Waals surface area contributed by atoms with E-state index in [1.807, 2.05) is 17.7 Å². The van der Waals surface area contributed by atoms with Crippen molar-refractivity contribution >= 4 is 5.91 Å². The molecule has 1 aromatic heterocycles. The average Bonchev–Trinajstić information content (AvgIpc) is 2.94. The van der Waals surface area contributed by atoms with Crippen molar-refractivity contribution < 1.29 is 4.79 Å². The second-order valence-corrected chi connectivity index (χ2v) is 4.11. The van der Waals surface area contributed by atoms with Gasteiger partial charge in [-0.1, -0.05) is 6.92 Å². The lowest BCUT2D eigenvalue weighted by atomic mass is 10.2. The molecular formula is C11H18N4O. The van der Waals surface area contributed by atoms with Gasteiger partial charge in [0, 0.05) is 25.3 Å². The predicted octanol–water partition coefficient (Wildman–Crippen LogP) is 0.557. The minimum atomic E-state index is -0.0773. The van der Waals surface area contributed by atoms with E-state index in [1.54, 1.807) is 6.33 Å². The lowest BCUT2D eigenvalue weighted by Crippen LogP contribution is -2.24. The number of hydrogen-bond acceptors (Lipinski definition) is 3. The second-order valence-electron chi connectivity index (χ2n) is 4.11. The Kier molecular flexibility index (Phi) is 3.56. The number of aromatic nitrogens is 2. The van der Waals surface area contributed by atoms with Gasteiger partial charge in [0.15, 0.2) is 0 Å². The number of carbonyl (C=O) groups is 1. The summed E-state index contributed by atoms with van der Waals surface area (Å²) in [6.45, 7) is 4.74. The third kappa shape index (κ3) is 2.41. The summed E-state index contributed by atoms with van der Waals surface area (Å²) in [6.07, 6.45) is 5.63. The largest absolute Gasteiger partial charge is 0.351 e. The van der Waals surface area contributed by atoms with Gasteiger partial charge in [-0.25, -0.2) is 4.98 Å². The van der Waals surface area contributed by atoms with Gasteiger partial charge >= 0.3 is 0 Å². The smallest absolute Gasteiger partial charge is 0.271 e. The molecule has 2 heterocycles. The second kappa shape index (κ2) is 5.12. The first-order valence-electron chi connectivity index (χ1n) is 5.83. The van der Waals surface area contributed by atoms with E-state index >= 15 is 0 Å². The number of imidazole rings is 1. The van der Waals surface area contributed by atoms with E-state index in [9.17, 15) is 4.79 Å². The zero-order valence-electron chi connectivity index (χ0n) is 9.57. The van der Waals surface area contributed by atoms with Gasteiger partial charge in [-0.15, -0.1) is 0 Å². The van der Waals surface area contributed by atoms with Crippen molar-refractivity contribution in [3.05, 3.63) is 18.2 Å². The van der Waals surface area contributed by atoms with Gasteiger partial charge in [-0.3, -0.25) is 4.79 Å². The Bertz CT molecular complexity index is 355. The first-order valence-corrected chi connectivity index (χ1v) is 5.83. The Labute approximate surface area is 95.2 Å². The average molecular weight is 222 g/mol. The number of hydrogen-bond donors (Lipinski definition) is 2. The standard InChI is InChI=1S/C11H18N4O/c1-2-4-13-11(16)10-7-15(8-14-10)9-3-5-12-6-9/h7-9,12H,2-6H2,1H3,(H,13,16). The van der Waals surface area contributed by atoms with E-state index in [2.05, 4.69) is 15.6 Å². The summed E-state index contributed by atoms with van der Waals surface area (Å²) in [6, 6.07) is 0.445. The molecule has 2 rings (SSSR count). The number of amides is 1. The predicted molar refractivity (Wildman–Crippen MR) is 61.4 cm³/mol. The molecule has 1 fully saturated rings. The van der Waals surface area contributed by atoms with Crippen LogP contribution in [0.1, 0.15) is 36.3 Å². The molecule has 0 aromatic carbocycles. The van der Waals surface area contributed by atoms with Crippen LogP contribution in [-0.4, -0.2) is 35.1 Å². The molecule has 2 N–H and O–H groups in total. The minimum Gasteiger partial charge on any atom is -0.351 e. The number of nitrogens with one attached hydrogen (secondary N) is 2. The molecule has 1 aliphatic rings. The summed E-state index contributed by atoms with van der Waals surface area (Å²) in [5, 5.41) is 6.12. The molecule has 16 heavy (non-hydrogen) atoms. The molecule has 1 unspecified atom stereocenters. The SMILES string of the molecule is CCCNC(=O)c1cn(C2CCNC2)cn1. The van der Waals surface area contributed by atoms with Gasteiger partial charge in [0.25, 0.3) is 5.91 Å². The Morgan fingerprint density at radius 2 is 2.62 bits per heavy atom. The third-order valence-corrected chi connectivity index (χ3v) is 2.83. The summed E-state index contributed by atoms with van der Waals surface area (Å²) < 4.78 is 2.03. The molecule has 88 valence electrons. The lowest BCUT2D eigenvalue weighted by Gasteiger charge is -2.08. The summed E-state index contributed by atoms with van der Waals surface area (Å²) in [7, 11) is 0. The Morgan fingerprint density at radius 1 is 1.75 bits per heavy atom. The van der Waals surface area contributed by atoms with Crippen LogP contribution in [0.25, 0.3) is 0 Å². The van der Waals surface area contributed by atoms with Gasteiger partial charge in [-0.05, 0) is 19.4 Å². The van der Waals surface area contributed by atoms with E-state index in [1.165, 1.54) is 0 Å². The van der Waals surface area contributed by atoms with E-state index in [4.69, 9.17) is 0 Å². The normalized spacial score (nSPS) is 19.9. The highest BCUT2D eigenvalue weighted by Crippen LogP contribution is 2.14. The molecular weight excluding hydrogens is 204 g/mol. The third-order valence-electron chi connectivity index (χ3n) is 2.83. The van der Waals surface area contributed by atoms with Crippen LogP contribution in [0.2, 0.25) is 0 Å². The van der Waals surface area contributed by atoms with Crippen LogP contribution in [0.5, 0.6) is 0 Å². The molecule has 0 aliphatic carbocycles. The van der Waals surface area contributed by atoms with Crippen molar-refractivity contribution in [2.24, 2.45) is 0 Å². The quantitative estimate of drug-likeness (QED) is 0.782. The highest BCUT2D eigenvalue weighted by Gasteiger charge is 2.17. The van der Waals surface area contributed by atoms with Crippen LogP contribution in [0.4, 0.5) is 0 Å². The van der Waals surface area contributed by atoms with Gasteiger partial charge in [-0.2, -0.15) is 0 Å². The molecule has 1 aromatic rings. The highest BCUT2D eigenvalue weighted by molar-refractivity contribution is 5.91. The number of nitrogens with zero attached hydrogens (tertiary/aromatic N) is 2. The maximum atomic E-state index is 11.6. The molecule has 5 heteroatoms. The summed E-state index contributed by atoms with van der Waals surface area (Å²) in [4.78, 5) is 15.8. The van der Waals surface area contributed by atoms with Gasteiger partial charge in [0.05, 0.1) is 6.33 Å². The van der Waals surface area contributed by atoms with Crippen molar-refractivity contribution in [1.29, 1.82) is 0 Å². The van der Waals surface area contributed by atoms with Crippen LogP contribution in [-0.2, 0) is 0 Å². The molecule has 0 bridgehead atoms. The van der Waals surface area contributed by atoms with E-state index < -0.39 is 0 Å². The monoisotopic (exact) mass is 222 g/mol. The minimum absolute atomic E-state index is 0.0773. The fraction of sp³-hybridized carbons (Fsp3) is 0.636. The maximum Gasteiger partial charge on any atom is 0.271 e. The van der Waals surface area contributed by atoms with Crippen LogP contribution >= 0.6 is 0 Å². The summed E-state index contributed by atoms with van der Waals surface area (Å²) in [5.41, 5.74) is 0.514. The maximum absolute atomic E-state index is 11.6. The zero-order valence-corrected chi connectivity index (χ0v) is 9.57. The van der Waals surface area contributed by atoms with Crippen molar-refractivity contribution in [3.63, 3.8) is 0 Å². The van der Waals surface area contributed by atoms with Crippen LogP contribution in [0.15, 0.2) is 12.5 Å². The van der Waals surface area contributed by atoms with Crippen molar-refractivity contribution in [2.45, 2.75) is 25.8 Å². The van der Waals surface area contributed by atoms with E-state index in [0.717, 1.165) is 25.9 Å². The molecule has 1 aliphatic heterocycles. The van der Waals surface area contributed by atoms with Crippen molar-refractivity contribution in [3.8, 4) is 0 Å². The molecule has 0 radical (unpaired) electrons. The highest BCUT2D eigenvalue weighted by atomic mass is 16.1. The Balaban J connectivity index is 1.98. The fourth-order valence-electron chi connectivity index (χ4n) is 1.88. The first-order chi connectivity index (χ1) is 7.81. The van der Waals surface area contributed by atoms with Crippen LogP contribution in [0, 0.1) is 0 Å².